The molecular formula is C24H51ClN2O3. The van der Waals surface area contributed by atoms with Crippen LogP contribution >= 0.6 is 0 Å². The van der Waals surface area contributed by atoms with Crippen molar-refractivity contribution in [3.8, 4) is 0 Å². The zero-order valence-electron chi connectivity index (χ0n) is 20.7. The number of nitrogens with one attached hydrogen (secondary N) is 1. The van der Waals surface area contributed by atoms with E-state index >= 15 is 0 Å². The minimum absolute atomic E-state index is 0. The second-order valence-corrected chi connectivity index (χ2v) is 9.98. The van der Waals surface area contributed by atoms with Crippen LogP contribution in [-0.4, -0.2) is 65.5 Å². The molecule has 0 rings (SSSR count). The summed E-state index contributed by atoms with van der Waals surface area (Å²) in [6.45, 7) is 8.95. The number of hydrogen-bond acceptors (Lipinski definition) is 4. The van der Waals surface area contributed by atoms with Gasteiger partial charge < -0.3 is 27.1 Å². The first kappa shape index (κ1) is 32.0. The van der Waals surface area contributed by atoms with Crippen LogP contribution in [0.25, 0.3) is 0 Å². The van der Waals surface area contributed by atoms with Gasteiger partial charge in [0.15, 0.2) is 11.5 Å². The third kappa shape index (κ3) is 17.5. The van der Waals surface area contributed by atoms with Gasteiger partial charge in [0, 0.05) is 6.42 Å². The van der Waals surface area contributed by atoms with Crippen LogP contribution in [-0.2, 0) is 4.79 Å². The summed E-state index contributed by atoms with van der Waals surface area (Å²) in [6.07, 6.45) is 13.8. The Morgan fingerprint density at radius 2 is 1.33 bits per heavy atom. The summed E-state index contributed by atoms with van der Waals surface area (Å²) in [5.41, 5.74) is -1.48. The van der Waals surface area contributed by atoms with Gasteiger partial charge in [-0.2, -0.15) is 0 Å². The number of quaternary nitrogens is 1. The molecule has 0 aromatic carbocycles. The van der Waals surface area contributed by atoms with E-state index in [1.165, 1.54) is 57.8 Å². The molecular weight excluding hydrogens is 400 g/mol. The predicted octanol–water partition coefficient (Wildman–Crippen LogP) is 1.40. The Bertz CT molecular complexity index is 429. The SMILES string of the molecule is CCCCCCCCCCCCCC(=O)C(C)(O)NC(C)C[N+](C)(C)CC(C)O.[Cl-]. The molecule has 0 fully saturated rings. The van der Waals surface area contributed by atoms with E-state index in [2.05, 4.69) is 12.2 Å². The monoisotopic (exact) mass is 450 g/mol. The molecule has 0 radical (unpaired) electrons. The van der Waals surface area contributed by atoms with Gasteiger partial charge in [0.25, 0.3) is 0 Å². The highest BCUT2D eigenvalue weighted by Crippen LogP contribution is 2.14. The maximum atomic E-state index is 12.4. The molecule has 3 N–H and O–H groups in total. The first-order chi connectivity index (χ1) is 13.5. The topological polar surface area (TPSA) is 69.6 Å². The average molecular weight is 451 g/mol. The molecule has 0 aromatic heterocycles. The third-order valence-electron chi connectivity index (χ3n) is 5.60. The van der Waals surface area contributed by atoms with Crippen molar-refractivity contribution in [1.29, 1.82) is 0 Å². The van der Waals surface area contributed by atoms with Gasteiger partial charge in [-0.25, -0.2) is 0 Å². The van der Waals surface area contributed by atoms with Crippen molar-refractivity contribution < 1.29 is 31.9 Å². The first-order valence-electron chi connectivity index (χ1n) is 12.0. The van der Waals surface area contributed by atoms with Crippen LogP contribution < -0.4 is 17.7 Å². The number of ketones is 1. The number of Topliss-reactive ketones (excluding diaryl/α,β-unsaturated/α-hetero) is 1. The normalized spacial score (nSPS) is 15.9. The summed E-state index contributed by atoms with van der Waals surface area (Å²) in [7, 11) is 4.10. The van der Waals surface area contributed by atoms with E-state index in [4.69, 9.17) is 0 Å². The summed E-state index contributed by atoms with van der Waals surface area (Å²) >= 11 is 0. The molecule has 3 atom stereocenters. The number of hydrogen-bond donors (Lipinski definition) is 3. The number of aliphatic hydroxyl groups excluding tert-OH is 1. The van der Waals surface area contributed by atoms with Crippen molar-refractivity contribution >= 4 is 5.78 Å². The number of unbranched alkanes of at least 4 members (excludes halogenated alkanes) is 10. The van der Waals surface area contributed by atoms with Crippen LogP contribution in [0.5, 0.6) is 0 Å². The molecule has 6 heteroatoms. The van der Waals surface area contributed by atoms with Gasteiger partial charge in [0.05, 0.1) is 26.7 Å². The fourth-order valence-electron chi connectivity index (χ4n) is 4.33. The van der Waals surface area contributed by atoms with Crippen LogP contribution in [0.4, 0.5) is 0 Å². The second kappa shape index (κ2) is 17.4. The molecule has 3 unspecified atom stereocenters. The molecule has 0 saturated heterocycles. The molecule has 0 amide bonds. The van der Waals surface area contributed by atoms with Gasteiger partial charge in [-0.3, -0.25) is 10.1 Å². The van der Waals surface area contributed by atoms with E-state index in [-0.39, 0.29) is 30.3 Å². The average Bonchev–Trinajstić information content (AvgIpc) is 2.56. The molecule has 0 spiro atoms. The van der Waals surface area contributed by atoms with E-state index in [1.807, 2.05) is 21.0 Å². The van der Waals surface area contributed by atoms with Crippen LogP contribution in [0, 0.1) is 0 Å². The van der Waals surface area contributed by atoms with Gasteiger partial charge in [0.1, 0.15) is 12.6 Å². The number of likely N-dealkylation sites (N-methyl/N-ethyl adjacent to an activating group) is 1. The fourth-order valence-corrected chi connectivity index (χ4v) is 4.33. The molecule has 0 bridgehead atoms. The Balaban J connectivity index is 0. The third-order valence-corrected chi connectivity index (χ3v) is 5.60. The van der Waals surface area contributed by atoms with E-state index < -0.39 is 5.72 Å². The number of aliphatic hydroxyl groups is 2. The van der Waals surface area contributed by atoms with E-state index in [1.54, 1.807) is 13.8 Å². The maximum absolute atomic E-state index is 12.4. The molecule has 0 heterocycles. The van der Waals surface area contributed by atoms with Gasteiger partial charge >= 0.3 is 0 Å². The van der Waals surface area contributed by atoms with Crippen LogP contribution in [0.2, 0.25) is 0 Å². The zero-order chi connectivity index (χ0) is 22.3. The Morgan fingerprint density at radius 1 is 0.900 bits per heavy atom. The fraction of sp³-hybridized carbons (Fsp3) is 0.958. The highest BCUT2D eigenvalue weighted by atomic mass is 35.5. The van der Waals surface area contributed by atoms with Gasteiger partial charge in [-0.1, -0.05) is 71.1 Å². The Morgan fingerprint density at radius 3 is 1.77 bits per heavy atom. The lowest BCUT2D eigenvalue weighted by Crippen LogP contribution is -3.00. The Labute approximate surface area is 193 Å². The van der Waals surface area contributed by atoms with Gasteiger partial charge in [-0.15, -0.1) is 0 Å². The van der Waals surface area contributed by atoms with Crippen molar-refractivity contribution in [1.82, 2.24) is 5.32 Å². The minimum Gasteiger partial charge on any atom is -1.00 e. The second-order valence-electron chi connectivity index (χ2n) is 9.98. The highest BCUT2D eigenvalue weighted by Gasteiger charge is 2.32. The first-order valence-corrected chi connectivity index (χ1v) is 12.0. The maximum Gasteiger partial charge on any atom is 0.179 e. The zero-order valence-corrected chi connectivity index (χ0v) is 21.4. The Hall–Kier alpha value is -0.200. The van der Waals surface area contributed by atoms with Crippen molar-refractivity contribution in [2.45, 2.75) is 123 Å². The summed E-state index contributed by atoms with van der Waals surface area (Å²) < 4.78 is 0.634. The van der Waals surface area contributed by atoms with Crippen molar-refractivity contribution in [3.05, 3.63) is 0 Å². The van der Waals surface area contributed by atoms with Crippen molar-refractivity contribution in [2.75, 3.05) is 27.2 Å². The molecule has 0 aliphatic carbocycles. The van der Waals surface area contributed by atoms with E-state index in [9.17, 15) is 15.0 Å². The summed E-state index contributed by atoms with van der Waals surface area (Å²) in [6, 6.07) is -0.0278. The smallest absolute Gasteiger partial charge is 0.179 e. The van der Waals surface area contributed by atoms with Crippen LogP contribution in [0.1, 0.15) is 105 Å². The number of carbonyl (C=O) groups is 1. The molecule has 0 aromatic rings. The molecule has 0 saturated carbocycles. The predicted molar refractivity (Wildman–Crippen MR) is 123 cm³/mol. The number of carbonyl (C=O) groups excluding carboxylic acids is 1. The van der Waals surface area contributed by atoms with Crippen molar-refractivity contribution in [2.24, 2.45) is 0 Å². The molecule has 182 valence electrons. The lowest BCUT2D eigenvalue weighted by Gasteiger charge is -2.36. The van der Waals surface area contributed by atoms with E-state index in [0.717, 1.165) is 19.4 Å². The van der Waals surface area contributed by atoms with Gasteiger partial charge in [0.2, 0.25) is 0 Å². The summed E-state index contributed by atoms with van der Waals surface area (Å²) in [5.74, 6) is -0.124. The highest BCUT2D eigenvalue weighted by molar-refractivity contribution is 5.86. The molecule has 0 aliphatic heterocycles. The molecule has 30 heavy (non-hydrogen) atoms. The summed E-state index contributed by atoms with van der Waals surface area (Å²) in [4.78, 5) is 12.4. The van der Waals surface area contributed by atoms with Gasteiger partial charge in [-0.05, 0) is 27.2 Å². The quantitative estimate of drug-likeness (QED) is 0.158. The van der Waals surface area contributed by atoms with E-state index in [0.29, 0.717) is 17.4 Å². The lowest BCUT2D eigenvalue weighted by molar-refractivity contribution is -0.894. The Kier molecular flexibility index (Phi) is 18.5. The minimum atomic E-state index is -1.48. The lowest BCUT2D eigenvalue weighted by atomic mass is 10.0. The van der Waals surface area contributed by atoms with Crippen molar-refractivity contribution in [3.63, 3.8) is 0 Å². The largest absolute Gasteiger partial charge is 1.00 e. The standard InChI is InChI=1S/C24H51N2O3.ClH/c1-7-8-9-10-11-12-13-14-15-16-17-18-23(28)24(4,29)25-21(2)19-26(5,6)20-22(3)27;/h21-22,25,27,29H,7-20H2,1-6H3;1H/q+1;/p-1. The molecule has 5 nitrogen and oxygen atoms in total. The number of nitrogens with zero attached hydrogens (tertiary/aromatic N) is 1. The number of halogens is 1. The van der Waals surface area contributed by atoms with Crippen LogP contribution in [0.3, 0.4) is 0 Å². The molecule has 0 aliphatic rings. The summed E-state index contributed by atoms with van der Waals surface area (Å²) in [5, 5.41) is 23.3. The van der Waals surface area contributed by atoms with Crippen LogP contribution in [0.15, 0.2) is 0 Å². The number of rotatable bonds is 19.